The molecule has 1 aromatic rings. The molecule has 30 heavy (non-hydrogen) atoms. The highest BCUT2D eigenvalue weighted by Crippen LogP contribution is 2.18. The summed E-state index contributed by atoms with van der Waals surface area (Å²) in [5, 5.41) is 2.85. The third-order valence-electron chi connectivity index (χ3n) is 4.92. The summed E-state index contributed by atoms with van der Waals surface area (Å²) in [6.07, 6.45) is 1.11. The predicted molar refractivity (Wildman–Crippen MR) is 113 cm³/mol. The van der Waals surface area contributed by atoms with E-state index in [1.807, 2.05) is 14.1 Å². The highest BCUT2D eigenvalue weighted by molar-refractivity contribution is 7.89. The highest BCUT2D eigenvalue weighted by atomic mass is 32.2. The van der Waals surface area contributed by atoms with Crippen LogP contribution in [0.15, 0.2) is 29.2 Å². The number of carbonyl (C=O) groups is 2. The molecule has 0 bridgehead atoms. The standard InChI is InChI=1S/C20H32N4O5S/c1-23(2)10-4-11-24-15-17(13-19(24)25)20(26)21-14-16-5-7-18(8-6-16)30(27,28)22-9-12-29-3/h5-8,17,22H,4,9-15H2,1-3H3,(H,21,26). The van der Waals surface area contributed by atoms with Gasteiger partial charge in [0, 0.05) is 39.7 Å². The smallest absolute Gasteiger partial charge is 0.240 e. The second kappa shape index (κ2) is 11.4. The van der Waals surface area contributed by atoms with E-state index in [9.17, 15) is 18.0 Å². The van der Waals surface area contributed by atoms with Gasteiger partial charge in [0.25, 0.3) is 0 Å². The lowest BCUT2D eigenvalue weighted by molar-refractivity contribution is -0.129. The first-order chi connectivity index (χ1) is 14.2. The van der Waals surface area contributed by atoms with Crippen molar-refractivity contribution >= 4 is 21.8 Å². The number of amides is 2. The molecule has 0 aromatic heterocycles. The van der Waals surface area contributed by atoms with Crippen molar-refractivity contribution < 1.29 is 22.7 Å². The van der Waals surface area contributed by atoms with Crippen LogP contribution in [0.1, 0.15) is 18.4 Å². The van der Waals surface area contributed by atoms with E-state index < -0.39 is 10.0 Å². The molecule has 168 valence electrons. The number of hydrogen-bond acceptors (Lipinski definition) is 6. The van der Waals surface area contributed by atoms with Gasteiger partial charge in [-0.05, 0) is 44.8 Å². The summed E-state index contributed by atoms with van der Waals surface area (Å²) in [4.78, 5) is 28.6. The number of benzene rings is 1. The molecule has 1 aliphatic heterocycles. The Hall–Kier alpha value is -2.01. The van der Waals surface area contributed by atoms with Gasteiger partial charge in [-0.3, -0.25) is 9.59 Å². The molecule has 2 amide bonds. The summed E-state index contributed by atoms with van der Waals surface area (Å²) < 4.78 is 31.6. The van der Waals surface area contributed by atoms with Crippen LogP contribution in [0.5, 0.6) is 0 Å². The van der Waals surface area contributed by atoms with Crippen molar-refractivity contribution in [2.75, 3.05) is 54.0 Å². The molecule has 1 aliphatic rings. The maximum Gasteiger partial charge on any atom is 0.240 e. The van der Waals surface area contributed by atoms with Crippen LogP contribution in [0.2, 0.25) is 0 Å². The fraction of sp³-hybridized carbons (Fsp3) is 0.600. The SMILES string of the molecule is COCCNS(=O)(=O)c1ccc(CNC(=O)C2CC(=O)N(CCCN(C)C)C2)cc1. The monoisotopic (exact) mass is 440 g/mol. The molecule has 0 spiro atoms. The lowest BCUT2D eigenvalue weighted by atomic mass is 10.1. The van der Waals surface area contributed by atoms with E-state index >= 15 is 0 Å². The Morgan fingerprint density at radius 3 is 2.60 bits per heavy atom. The molecular weight excluding hydrogens is 408 g/mol. The normalized spacial score (nSPS) is 17.0. The van der Waals surface area contributed by atoms with Gasteiger partial charge >= 0.3 is 0 Å². The fourth-order valence-electron chi connectivity index (χ4n) is 3.22. The zero-order valence-electron chi connectivity index (χ0n) is 17.9. The lowest BCUT2D eigenvalue weighted by Gasteiger charge is -2.18. The first kappa shape index (κ1) is 24.3. The maximum absolute atomic E-state index is 12.4. The summed E-state index contributed by atoms with van der Waals surface area (Å²) in [6, 6.07) is 6.33. The number of nitrogens with zero attached hydrogens (tertiary/aromatic N) is 2. The first-order valence-corrected chi connectivity index (χ1v) is 11.5. The number of hydrogen-bond donors (Lipinski definition) is 2. The van der Waals surface area contributed by atoms with Gasteiger partial charge in [0.05, 0.1) is 17.4 Å². The minimum Gasteiger partial charge on any atom is -0.383 e. The molecule has 1 unspecified atom stereocenters. The Morgan fingerprint density at radius 2 is 1.97 bits per heavy atom. The number of nitrogens with one attached hydrogen (secondary N) is 2. The second-order valence-electron chi connectivity index (χ2n) is 7.65. The van der Waals surface area contributed by atoms with Crippen LogP contribution in [0.25, 0.3) is 0 Å². The minimum absolute atomic E-state index is 0.0180. The summed E-state index contributed by atoms with van der Waals surface area (Å²) in [5.41, 5.74) is 0.784. The summed E-state index contributed by atoms with van der Waals surface area (Å²) in [5.74, 6) is -0.484. The molecule has 1 heterocycles. The Bertz CT molecular complexity index is 811. The Morgan fingerprint density at radius 1 is 1.27 bits per heavy atom. The third-order valence-corrected chi connectivity index (χ3v) is 6.39. The van der Waals surface area contributed by atoms with Gasteiger partial charge in [0.15, 0.2) is 0 Å². The van der Waals surface area contributed by atoms with Crippen LogP contribution in [0, 0.1) is 5.92 Å². The molecule has 0 saturated carbocycles. The average Bonchev–Trinajstić information content (AvgIpc) is 3.07. The number of carbonyl (C=O) groups excluding carboxylic acids is 2. The number of methoxy groups -OCH3 is 1. The zero-order chi connectivity index (χ0) is 22.1. The van der Waals surface area contributed by atoms with E-state index in [2.05, 4.69) is 14.9 Å². The summed E-state index contributed by atoms with van der Waals surface area (Å²) >= 11 is 0. The van der Waals surface area contributed by atoms with E-state index in [1.165, 1.54) is 19.2 Å². The van der Waals surface area contributed by atoms with Crippen LogP contribution < -0.4 is 10.0 Å². The molecule has 0 aliphatic carbocycles. The molecule has 9 nitrogen and oxygen atoms in total. The number of ether oxygens (including phenoxy) is 1. The zero-order valence-corrected chi connectivity index (χ0v) is 18.7. The van der Waals surface area contributed by atoms with Crippen molar-refractivity contribution in [2.24, 2.45) is 5.92 Å². The van der Waals surface area contributed by atoms with Crippen molar-refractivity contribution in [3.8, 4) is 0 Å². The predicted octanol–water partition coefficient (Wildman–Crippen LogP) is 0.0277. The Kier molecular flexibility index (Phi) is 9.22. The number of sulfonamides is 1. The van der Waals surface area contributed by atoms with Crippen LogP contribution in [-0.2, 0) is 30.9 Å². The third kappa shape index (κ3) is 7.35. The maximum atomic E-state index is 12.4. The van der Waals surface area contributed by atoms with E-state index in [0.29, 0.717) is 19.7 Å². The molecule has 2 N–H and O–H groups in total. The van der Waals surface area contributed by atoms with Crippen LogP contribution in [0.3, 0.4) is 0 Å². The minimum atomic E-state index is -3.58. The van der Waals surface area contributed by atoms with Gasteiger partial charge in [-0.1, -0.05) is 12.1 Å². The van der Waals surface area contributed by atoms with Crippen molar-refractivity contribution in [2.45, 2.75) is 24.3 Å². The van der Waals surface area contributed by atoms with Gasteiger partial charge < -0.3 is 19.9 Å². The average molecular weight is 441 g/mol. The largest absolute Gasteiger partial charge is 0.383 e. The van der Waals surface area contributed by atoms with E-state index in [0.717, 1.165) is 18.5 Å². The van der Waals surface area contributed by atoms with Crippen molar-refractivity contribution in [1.29, 1.82) is 0 Å². The first-order valence-electron chi connectivity index (χ1n) is 10.0. The highest BCUT2D eigenvalue weighted by Gasteiger charge is 2.33. The molecule has 1 atom stereocenters. The summed E-state index contributed by atoms with van der Waals surface area (Å²) in [6.45, 7) is 2.77. The van der Waals surface area contributed by atoms with Crippen LogP contribution in [-0.4, -0.2) is 84.0 Å². The van der Waals surface area contributed by atoms with Crippen molar-refractivity contribution in [3.63, 3.8) is 0 Å². The molecule has 0 radical (unpaired) electrons. The van der Waals surface area contributed by atoms with Gasteiger partial charge in [-0.15, -0.1) is 0 Å². The molecule has 1 saturated heterocycles. The van der Waals surface area contributed by atoms with E-state index in [4.69, 9.17) is 4.74 Å². The molecule has 1 fully saturated rings. The topological polar surface area (TPSA) is 108 Å². The van der Waals surface area contributed by atoms with Gasteiger partial charge in [-0.25, -0.2) is 13.1 Å². The number of rotatable bonds is 12. The molecule has 1 aromatic carbocycles. The van der Waals surface area contributed by atoms with Crippen molar-refractivity contribution in [1.82, 2.24) is 19.8 Å². The second-order valence-corrected chi connectivity index (χ2v) is 9.42. The van der Waals surface area contributed by atoms with Gasteiger partial charge in [0.1, 0.15) is 0 Å². The van der Waals surface area contributed by atoms with Crippen LogP contribution >= 0.6 is 0 Å². The van der Waals surface area contributed by atoms with Crippen molar-refractivity contribution in [3.05, 3.63) is 29.8 Å². The molecular formula is C20H32N4O5S. The fourth-order valence-corrected chi connectivity index (χ4v) is 4.24. The van der Waals surface area contributed by atoms with Crippen LogP contribution in [0.4, 0.5) is 0 Å². The summed E-state index contributed by atoms with van der Waals surface area (Å²) in [7, 11) is 1.90. The van der Waals surface area contributed by atoms with Gasteiger partial charge in [0.2, 0.25) is 21.8 Å². The van der Waals surface area contributed by atoms with Gasteiger partial charge in [-0.2, -0.15) is 0 Å². The molecule has 10 heteroatoms. The quantitative estimate of drug-likeness (QED) is 0.444. The lowest BCUT2D eigenvalue weighted by Crippen LogP contribution is -2.33. The van der Waals surface area contributed by atoms with E-state index in [-0.39, 0.29) is 42.1 Å². The van der Waals surface area contributed by atoms with E-state index in [1.54, 1.807) is 17.0 Å². The Balaban J connectivity index is 1.81. The number of likely N-dealkylation sites (tertiary alicyclic amines) is 1. The Labute approximate surface area is 178 Å². The molecule has 2 rings (SSSR count).